The summed E-state index contributed by atoms with van der Waals surface area (Å²) in [4.78, 5) is 14.7. The first kappa shape index (κ1) is 21.3. The smallest absolute Gasteiger partial charge is 0.163 e. The molecule has 2 fully saturated rings. The van der Waals surface area contributed by atoms with Gasteiger partial charge in [-0.2, -0.15) is 0 Å². The lowest BCUT2D eigenvalue weighted by atomic mass is 9.92. The fourth-order valence-electron chi connectivity index (χ4n) is 4.82. The highest BCUT2D eigenvalue weighted by atomic mass is 16.5. The number of fused-ring (bicyclic) bond motifs is 1. The van der Waals surface area contributed by atoms with Crippen molar-refractivity contribution >= 4 is 10.9 Å². The molecule has 6 nitrogen and oxygen atoms in total. The third-order valence-electron chi connectivity index (χ3n) is 6.46. The molecule has 0 spiro atoms. The molecule has 0 amide bonds. The van der Waals surface area contributed by atoms with Gasteiger partial charge in [0.1, 0.15) is 5.82 Å². The Balaban J connectivity index is 1.57. The third kappa shape index (κ3) is 4.86. The quantitative estimate of drug-likeness (QED) is 0.614. The van der Waals surface area contributed by atoms with Crippen LogP contribution in [0.1, 0.15) is 56.5 Å². The molecular weight excluding hydrogens is 376 g/mol. The van der Waals surface area contributed by atoms with E-state index in [1.54, 1.807) is 7.11 Å². The molecule has 0 bridgehead atoms. The maximum absolute atomic E-state index is 6.15. The third-order valence-corrected chi connectivity index (χ3v) is 6.46. The molecule has 2 aliphatic heterocycles. The van der Waals surface area contributed by atoms with Gasteiger partial charge in [0, 0.05) is 36.9 Å². The predicted molar refractivity (Wildman–Crippen MR) is 121 cm³/mol. The van der Waals surface area contributed by atoms with Gasteiger partial charge >= 0.3 is 0 Å². The Labute approximate surface area is 180 Å². The van der Waals surface area contributed by atoms with Crippen LogP contribution in [0, 0.1) is 0 Å². The van der Waals surface area contributed by atoms with Gasteiger partial charge in [-0.15, -0.1) is 0 Å². The van der Waals surface area contributed by atoms with E-state index in [0.717, 1.165) is 54.2 Å². The highest BCUT2D eigenvalue weighted by Gasteiger charge is 2.24. The first-order chi connectivity index (χ1) is 14.7. The summed E-state index contributed by atoms with van der Waals surface area (Å²) in [5, 5.41) is 1.11. The molecule has 0 radical (unpaired) electrons. The van der Waals surface area contributed by atoms with Crippen LogP contribution in [-0.4, -0.2) is 73.3 Å². The second kappa shape index (κ2) is 9.92. The van der Waals surface area contributed by atoms with Gasteiger partial charge in [0.05, 0.1) is 24.9 Å². The van der Waals surface area contributed by atoms with Gasteiger partial charge < -0.3 is 19.3 Å². The summed E-state index contributed by atoms with van der Waals surface area (Å²) in [6.07, 6.45) is 6.92. The number of hydrogen-bond acceptors (Lipinski definition) is 6. The molecule has 2 aliphatic rings. The fraction of sp³-hybridized carbons (Fsp3) is 0.667. The molecule has 164 valence electrons. The van der Waals surface area contributed by atoms with Crippen molar-refractivity contribution in [3.8, 4) is 11.5 Å². The zero-order valence-electron chi connectivity index (χ0n) is 18.8. The molecule has 3 heterocycles. The van der Waals surface area contributed by atoms with Crippen molar-refractivity contribution in [1.82, 2.24) is 19.8 Å². The summed E-state index contributed by atoms with van der Waals surface area (Å²) in [7, 11) is 3.92. The van der Waals surface area contributed by atoms with Crippen molar-refractivity contribution in [2.24, 2.45) is 0 Å². The van der Waals surface area contributed by atoms with Crippen LogP contribution in [0.3, 0.4) is 0 Å². The number of aryl methyl sites for hydroxylation is 1. The number of likely N-dealkylation sites (N-methyl/N-ethyl adjacent to an activating group) is 1. The summed E-state index contributed by atoms with van der Waals surface area (Å²) in [6.45, 7) is 8.61. The van der Waals surface area contributed by atoms with Crippen LogP contribution >= 0.6 is 0 Å². The Morgan fingerprint density at radius 3 is 2.63 bits per heavy atom. The standard InChI is InChI=1S/C24H36N4O2/c1-4-23-25-20-16-22(30-14-8-13-28-11-5-6-12-28)21(29-3)15-19(20)24(26-23)18-9-7-10-27(2)17-18/h15-16,18H,4-14,17H2,1-3H3. The van der Waals surface area contributed by atoms with Crippen LogP contribution in [0.25, 0.3) is 10.9 Å². The molecule has 4 rings (SSSR count). The van der Waals surface area contributed by atoms with Gasteiger partial charge in [-0.3, -0.25) is 0 Å². The Hall–Kier alpha value is -1.92. The SMILES string of the molecule is CCc1nc(C2CCCN(C)C2)c2cc(OC)c(OCCCN3CCCC3)cc2n1. The van der Waals surface area contributed by atoms with E-state index in [9.17, 15) is 0 Å². The Bertz CT molecular complexity index is 851. The van der Waals surface area contributed by atoms with Crippen molar-refractivity contribution in [2.45, 2.75) is 51.4 Å². The maximum Gasteiger partial charge on any atom is 0.163 e. The van der Waals surface area contributed by atoms with E-state index >= 15 is 0 Å². The van der Waals surface area contributed by atoms with Crippen molar-refractivity contribution in [3.05, 3.63) is 23.7 Å². The number of benzene rings is 1. The van der Waals surface area contributed by atoms with Crippen LogP contribution in [0.4, 0.5) is 0 Å². The number of likely N-dealkylation sites (tertiary alicyclic amines) is 2. The van der Waals surface area contributed by atoms with E-state index in [0.29, 0.717) is 12.5 Å². The topological polar surface area (TPSA) is 50.7 Å². The van der Waals surface area contributed by atoms with Crippen molar-refractivity contribution in [1.29, 1.82) is 0 Å². The van der Waals surface area contributed by atoms with Crippen molar-refractivity contribution < 1.29 is 9.47 Å². The monoisotopic (exact) mass is 412 g/mol. The molecule has 1 aromatic heterocycles. The predicted octanol–water partition coefficient (Wildman–Crippen LogP) is 3.87. The second-order valence-electron chi connectivity index (χ2n) is 8.75. The normalized spacial score (nSPS) is 20.7. The molecule has 30 heavy (non-hydrogen) atoms. The average molecular weight is 413 g/mol. The Kier molecular flexibility index (Phi) is 7.05. The summed E-state index contributed by atoms with van der Waals surface area (Å²) in [5.74, 6) is 2.92. The second-order valence-corrected chi connectivity index (χ2v) is 8.75. The van der Waals surface area contributed by atoms with E-state index in [2.05, 4.69) is 35.9 Å². The van der Waals surface area contributed by atoms with Crippen molar-refractivity contribution in [3.63, 3.8) is 0 Å². The number of rotatable bonds is 8. The average Bonchev–Trinajstić information content (AvgIpc) is 3.29. The molecule has 1 aromatic carbocycles. The van der Waals surface area contributed by atoms with E-state index < -0.39 is 0 Å². The first-order valence-electron chi connectivity index (χ1n) is 11.6. The number of aromatic nitrogens is 2. The Morgan fingerprint density at radius 1 is 1.07 bits per heavy atom. The number of piperidine rings is 1. The first-order valence-corrected chi connectivity index (χ1v) is 11.6. The molecule has 2 aromatic rings. The summed E-state index contributed by atoms with van der Waals surface area (Å²) in [5.41, 5.74) is 2.14. The largest absolute Gasteiger partial charge is 0.493 e. The molecule has 1 unspecified atom stereocenters. The maximum atomic E-state index is 6.15. The molecule has 1 atom stereocenters. The van der Waals surface area contributed by atoms with E-state index in [1.807, 2.05) is 0 Å². The highest BCUT2D eigenvalue weighted by Crippen LogP contribution is 2.36. The molecular formula is C24H36N4O2. The van der Waals surface area contributed by atoms with Crippen LogP contribution in [0.2, 0.25) is 0 Å². The highest BCUT2D eigenvalue weighted by molar-refractivity contribution is 5.85. The van der Waals surface area contributed by atoms with Gasteiger partial charge in [0.2, 0.25) is 0 Å². The molecule has 0 N–H and O–H groups in total. The van der Waals surface area contributed by atoms with E-state index in [4.69, 9.17) is 19.4 Å². The molecule has 6 heteroatoms. The van der Waals surface area contributed by atoms with Gasteiger partial charge in [-0.1, -0.05) is 6.92 Å². The van der Waals surface area contributed by atoms with E-state index in [-0.39, 0.29) is 0 Å². The Morgan fingerprint density at radius 2 is 1.90 bits per heavy atom. The lowest BCUT2D eigenvalue weighted by molar-refractivity contribution is 0.249. The van der Waals surface area contributed by atoms with Crippen molar-refractivity contribution in [2.75, 3.05) is 53.5 Å². The molecule has 0 saturated carbocycles. The van der Waals surface area contributed by atoms with Crippen LogP contribution in [-0.2, 0) is 6.42 Å². The lowest BCUT2D eigenvalue weighted by Gasteiger charge is -2.30. The van der Waals surface area contributed by atoms with Crippen LogP contribution in [0.15, 0.2) is 12.1 Å². The zero-order valence-corrected chi connectivity index (χ0v) is 18.8. The minimum atomic E-state index is 0.441. The number of nitrogens with zero attached hydrogens (tertiary/aromatic N) is 4. The summed E-state index contributed by atoms with van der Waals surface area (Å²) in [6, 6.07) is 4.15. The molecule has 2 saturated heterocycles. The molecule has 0 aliphatic carbocycles. The van der Waals surface area contributed by atoms with E-state index in [1.165, 1.54) is 51.0 Å². The number of methoxy groups -OCH3 is 1. The zero-order chi connectivity index (χ0) is 20.9. The van der Waals surface area contributed by atoms with Gasteiger partial charge in [-0.25, -0.2) is 9.97 Å². The lowest BCUT2D eigenvalue weighted by Crippen LogP contribution is -2.31. The summed E-state index contributed by atoms with van der Waals surface area (Å²) >= 11 is 0. The number of hydrogen-bond donors (Lipinski definition) is 0. The fourth-order valence-corrected chi connectivity index (χ4v) is 4.82. The van der Waals surface area contributed by atoms with Gasteiger partial charge in [-0.05, 0) is 64.9 Å². The van der Waals surface area contributed by atoms with Crippen LogP contribution < -0.4 is 9.47 Å². The number of ether oxygens (including phenoxy) is 2. The van der Waals surface area contributed by atoms with Gasteiger partial charge in [0.15, 0.2) is 11.5 Å². The summed E-state index contributed by atoms with van der Waals surface area (Å²) < 4.78 is 11.9. The van der Waals surface area contributed by atoms with Crippen LogP contribution in [0.5, 0.6) is 11.5 Å². The van der Waals surface area contributed by atoms with Gasteiger partial charge in [0.25, 0.3) is 0 Å². The minimum Gasteiger partial charge on any atom is -0.493 e. The minimum absolute atomic E-state index is 0.441.